The van der Waals surface area contributed by atoms with Crippen LogP contribution in [0.2, 0.25) is 0 Å². The molecule has 1 atom stereocenters. The summed E-state index contributed by atoms with van der Waals surface area (Å²) in [6, 6.07) is 18.7. The van der Waals surface area contributed by atoms with Crippen LogP contribution in [0.25, 0.3) is 22.2 Å². The zero-order valence-corrected chi connectivity index (χ0v) is 16.0. The summed E-state index contributed by atoms with van der Waals surface area (Å²) < 4.78 is 10.8. The van der Waals surface area contributed by atoms with Gasteiger partial charge in [-0.15, -0.1) is 0 Å². The predicted molar refractivity (Wildman–Crippen MR) is 109 cm³/mol. The van der Waals surface area contributed by atoms with Crippen molar-refractivity contribution < 1.29 is 19.1 Å². The quantitative estimate of drug-likeness (QED) is 0.653. The van der Waals surface area contributed by atoms with Gasteiger partial charge in [-0.1, -0.05) is 48.5 Å². The molecular formula is C23H22N2O4. The molecule has 0 saturated carbocycles. The van der Waals surface area contributed by atoms with Crippen molar-refractivity contribution >= 4 is 22.8 Å². The second-order valence-electron chi connectivity index (χ2n) is 6.95. The largest absolute Gasteiger partial charge is 0.452 e. The van der Waals surface area contributed by atoms with E-state index in [4.69, 9.17) is 9.47 Å². The first-order valence-electron chi connectivity index (χ1n) is 9.71. The SMILES string of the molecule is O=C(COC(=O)c1cc(-c2ccccc2)nc2ccccc12)NC[C@H]1CCCO1. The summed E-state index contributed by atoms with van der Waals surface area (Å²) in [5.74, 6) is -0.886. The van der Waals surface area contributed by atoms with E-state index in [0.29, 0.717) is 28.7 Å². The third kappa shape index (κ3) is 4.60. The van der Waals surface area contributed by atoms with E-state index in [9.17, 15) is 9.59 Å². The number of ether oxygens (including phenoxy) is 2. The van der Waals surface area contributed by atoms with Crippen LogP contribution in [-0.4, -0.2) is 42.7 Å². The fraction of sp³-hybridized carbons (Fsp3) is 0.261. The Morgan fingerprint density at radius 1 is 1.10 bits per heavy atom. The highest BCUT2D eigenvalue weighted by molar-refractivity contribution is 6.05. The average Bonchev–Trinajstić information content (AvgIpc) is 3.29. The van der Waals surface area contributed by atoms with Gasteiger partial charge in [0, 0.05) is 24.1 Å². The minimum absolute atomic E-state index is 0.0484. The van der Waals surface area contributed by atoms with Crippen LogP contribution in [0.1, 0.15) is 23.2 Å². The number of hydrogen-bond donors (Lipinski definition) is 1. The predicted octanol–water partition coefficient (Wildman–Crippen LogP) is 3.35. The zero-order chi connectivity index (χ0) is 20.1. The van der Waals surface area contributed by atoms with Crippen molar-refractivity contribution in [3.05, 3.63) is 66.2 Å². The summed E-state index contributed by atoms with van der Waals surface area (Å²) in [4.78, 5) is 29.4. The van der Waals surface area contributed by atoms with Crippen molar-refractivity contribution in [3.63, 3.8) is 0 Å². The summed E-state index contributed by atoms with van der Waals surface area (Å²) in [6.45, 7) is 0.837. The van der Waals surface area contributed by atoms with Crippen molar-refractivity contribution in [2.24, 2.45) is 0 Å². The van der Waals surface area contributed by atoms with E-state index in [1.807, 2.05) is 54.6 Å². The van der Waals surface area contributed by atoms with Gasteiger partial charge in [0.1, 0.15) is 0 Å². The van der Waals surface area contributed by atoms with Gasteiger partial charge in [-0.2, -0.15) is 0 Å². The number of carbonyl (C=O) groups is 2. The van der Waals surface area contributed by atoms with Crippen LogP contribution in [0, 0.1) is 0 Å². The standard InChI is InChI=1S/C23H22N2O4/c26-22(24-14-17-9-6-12-28-17)15-29-23(27)19-13-21(16-7-2-1-3-8-16)25-20-11-5-4-10-18(19)20/h1-5,7-8,10-11,13,17H,6,9,12,14-15H2,(H,24,26)/t17-/m1/s1. The topological polar surface area (TPSA) is 77.5 Å². The molecule has 148 valence electrons. The molecule has 29 heavy (non-hydrogen) atoms. The Bertz CT molecular complexity index is 1010. The smallest absolute Gasteiger partial charge is 0.339 e. The van der Waals surface area contributed by atoms with Crippen LogP contribution in [0.3, 0.4) is 0 Å². The lowest BCUT2D eigenvalue weighted by Crippen LogP contribution is -2.34. The fourth-order valence-corrected chi connectivity index (χ4v) is 3.39. The van der Waals surface area contributed by atoms with Crippen LogP contribution in [0.15, 0.2) is 60.7 Å². The Labute approximate surface area is 168 Å². The molecule has 6 heteroatoms. The Morgan fingerprint density at radius 2 is 1.90 bits per heavy atom. The maximum Gasteiger partial charge on any atom is 0.339 e. The Balaban J connectivity index is 1.49. The molecule has 0 spiro atoms. The number of para-hydroxylation sites is 1. The molecule has 1 aromatic heterocycles. The Kier molecular flexibility index (Phi) is 5.81. The molecule has 0 radical (unpaired) electrons. The summed E-state index contributed by atoms with van der Waals surface area (Å²) in [7, 11) is 0. The number of carbonyl (C=O) groups excluding carboxylic acids is 2. The van der Waals surface area contributed by atoms with Crippen LogP contribution < -0.4 is 5.32 Å². The minimum atomic E-state index is -0.548. The molecule has 3 aromatic rings. The number of fused-ring (bicyclic) bond motifs is 1. The molecule has 6 nitrogen and oxygen atoms in total. The van der Waals surface area contributed by atoms with Crippen LogP contribution in [0.5, 0.6) is 0 Å². The minimum Gasteiger partial charge on any atom is -0.452 e. The molecule has 0 bridgehead atoms. The molecule has 0 aliphatic carbocycles. The normalized spacial score (nSPS) is 15.9. The average molecular weight is 390 g/mol. The van der Waals surface area contributed by atoms with Crippen LogP contribution in [-0.2, 0) is 14.3 Å². The molecule has 2 heterocycles. The Morgan fingerprint density at radius 3 is 2.69 bits per heavy atom. The maximum absolute atomic E-state index is 12.8. The van der Waals surface area contributed by atoms with E-state index in [1.165, 1.54) is 0 Å². The van der Waals surface area contributed by atoms with Crippen LogP contribution in [0.4, 0.5) is 0 Å². The highest BCUT2D eigenvalue weighted by atomic mass is 16.5. The molecule has 1 N–H and O–H groups in total. The van der Waals surface area contributed by atoms with E-state index in [-0.39, 0.29) is 18.6 Å². The van der Waals surface area contributed by atoms with E-state index in [2.05, 4.69) is 10.3 Å². The summed E-state index contributed by atoms with van der Waals surface area (Å²) >= 11 is 0. The van der Waals surface area contributed by atoms with Gasteiger partial charge in [0.15, 0.2) is 6.61 Å². The number of amides is 1. The van der Waals surface area contributed by atoms with Gasteiger partial charge in [-0.3, -0.25) is 4.79 Å². The molecule has 1 aliphatic rings. The lowest BCUT2D eigenvalue weighted by Gasteiger charge is -2.12. The van der Waals surface area contributed by atoms with Gasteiger partial charge in [0.25, 0.3) is 5.91 Å². The van der Waals surface area contributed by atoms with Gasteiger partial charge < -0.3 is 14.8 Å². The van der Waals surface area contributed by atoms with Gasteiger partial charge >= 0.3 is 5.97 Å². The monoisotopic (exact) mass is 390 g/mol. The van der Waals surface area contributed by atoms with Gasteiger partial charge in [-0.05, 0) is 25.0 Å². The number of benzene rings is 2. The number of nitrogens with one attached hydrogen (secondary N) is 1. The second-order valence-corrected chi connectivity index (χ2v) is 6.95. The Hall–Kier alpha value is -3.25. The van der Waals surface area contributed by atoms with Crippen LogP contribution >= 0.6 is 0 Å². The number of esters is 1. The molecule has 1 amide bonds. The van der Waals surface area contributed by atoms with E-state index >= 15 is 0 Å². The number of nitrogens with zero attached hydrogens (tertiary/aromatic N) is 1. The van der Waals surface area contributed by atoms with Crippen molar-refractivity contribution in [1.29, 1.82) is 0 Å². The molecule has 0 unspecified atom stereocenters. The summed E-state index contributed by atoms with van der Waals surface area (Å²) in [5, 5.41) is 3.44. The fourth-order valence-electron chi connectivity index (χ4n) is 3.39. The second kappa shape index (κ2) is 8.84. The highest BCUT2D eigenvalue weighted by Gasteiger charge is 2.18. The molecule has 2 aromatic carbocycles. The van der Waals surface area contributed by atoms with Crippen molar-refractivity contribution in [3.8, 4) is 11.3 Å². The molecule has 1 aliphatic heterocycles. The maximum atomic E-state index is 12.8. The van der Waals surface area contributed by atoms with E-state index < -0.39 is 5.97 Å². The third-order valence-corrected chi connectivity index (χ3v) is 4.89. The first-order valence-corrected chi connectivity index (χ1v) is 9.71. The van der Waals surface area contributed by atoms with Gasteiger partial charge in [0.2, 0.25) is 0 Å². The van der Waals surface area contributed by atoms with E-state index in [1.54, 1.807) is 6.07 Å². The molecule has 4 rings (SSSR count). The zero-order valence-electron chi connectivity index (χ0n) is 16.0. The molecule has 1 saturated heterocycles. The lowest BCUT2D eigenvalue weighted by molar-refractivity contribution is -0.124. The molecule has 1 fully saturated rings. The lowest BCUT2D eigenvalue weighted by atomic mass is 10.0. The van der Waals surface area contributed by atoms with Crippen molar-refractivity contribution in [1.82, 2.24) is 10.3 Å². The van der Waals surface area contributed by atoms with Crippen molar-refractivity contribution in [2.45, 2.75) is 18.9 Å². The molecular weight excluding hydrogens is 368 g/mol. The first-order chi connectivity index (χ1) is 14.2. The third-order valence-electron chi connectivity index (χ3n) is 4.89. The number of pyridine rings is 1. The van der Waals surface area contributed by atoms with Crippen molar-refractivity contribution in [2.75, 3.05) is 19.8 Å². The van der Waals surface area contributed by atoms with Gasteiger partial charge in [0.05, 0.1) is 22.9 Å². The number of hydrogen-bond acceptors (Lipinski definition) is 5. The first kappa shape index (κ1) is 19.1. The highest BCUT2D eigenvalue weighted by Crippen LogP contribution is 2.25. The summed E-state index contributed by atoms with van der Waals surface area (Å²) in [6.07, 6.45) is 1.99. The number of aromatic nitrogens is 1. The van der Waals surface area contributed by atoms with Gasteiger partial charge in [-0.25, -0.2) is 9.78 Å². The number of rotatable bonds is 6. The summed E-state index contributed by atoms with van der Waals surface area (Å²) in [5.41, 5.74) is 2.67. The van der Waals surface area contributed by atoms with E-state index in [0.717, 1.165) is 25.0 Å².